The number of rotatable bonds is 5. The van der Waals surface area contributed by atoms with E-state index >= 15 is 0 Å². The molecule has 0 atom stereocenters. The smallest absolute Gasteiger partial charge is 0.193 e. The number of nitrogens with two attached hydrogens (primary N) is 1. The molecule has 4 nitrogen and oxygen atoms in total. The van der Waals surface area contributed by atoms with Crippen LogP contribution in [0.1, 0.15) is 33.6 Å². The third-order valence-corrected chi connectivity index (χ3v) is 2.74. The zero-order valence-electron chi connectivity index (χ0n) is 12.4. The van der Waals surface area contributed by atoms with Gasteiger partial charge >= 0.3 is 0 Å². The molecule has 1 rings (SSSR count). The second kappa shape index (κ2) is 7.02. The van der Waals surface area contributed by atoms with Gasteiger partial charge in [-0.1, -0.05) is 32.9 Å². The molecule has 0 radical (unpaired) electrons. The van der Waals surface area contributed by atoms with Gasteiger partial charge in [-0.15, -0.1) is 0 Å². The second-order valence-electron chi connectivity index (χ2n) is 5.76. The van der Waals surface area contributed by atoms with Crippen LogP contribution in [0, 0.1) is 5.41 Å². The SMILES string of the molecule is COc1ccccc1NC(N)=NCCCC(C)(C)C. The third kappa shape index (κ3) is 6.13. The molecule has 0 unspecified atom stereocenters. The highest BCUT2D eigenvalue weighted by Crippen LogP contribution is 2.23. The average Bonchev–Trinajstić information content (AvgIpc) is 2.34. The van der Waals surface area contributed by atoms with E-state index in [1.165, 1.54) is 0 Å². The summed E-state index contributed by atoms with van der Waals surface area (Å²) < 4.78 is 5.24. The zero-order valence-corrected chi connectivity index (χ0v) is 12.4. The van der Waals surface area contributed by atoms with Crippen LogP contribution in [0.2, 0.25) is 0 Å². The maximum atomic E-state index is 5.86. The number of nitrogens with zero attached hydrogens (tertiary/aromatic N) is 1. The van der Waals surface area contributed by atoms with E-state index in [1.54, 1.807) is 7.11 Å². The lowest BCUT2D eigenvalue weighted by molar-refractivity contribution is 0.368. The number of aliphatic imine (C=N–C) groups is 1. The first kappa shape index (κ1) is 15.3. The third-order valence-electron chi connectivity index (χ3n) is 2.74. The molecular formula is C15H25N3O. The first-order valence-electron chi connectivity index (χ1n) is 6.62. The minimum Gasteiger partial charge on any atom is -0.495 e. The number of hydrogen-bond acceptors (Lipinski definition) is 2. The lowest BCUT2D eigenvalue weighted by Crippen LogP contribution is -2.23. The Balaban J connectivity index is 2.48. The fourth-order valence-corrected chi connectivity index (χ4v) is 1.73. The van der Waals surface area contributed by atoms with Gasteiger partial charge in [0.2, 0.25) is 0 Å². The molecular weight excluding hydrogens is 238 g/mol. The number of methoxy groups -OCH3 is 1. The fraction of sp³-hybridized carbons (Fsp3) is 0.533. The normalized spacial score (nSPS) is 12.3. The summed E-state index contributed by atoms with van der Waals surface area (Å²) >= 11 is 0. The lowest BCUT2D eigenvalue weighted by Gasteiger charge is -2.16. The highest BCUT2D eigenvalue weighted by atomic mass is 16.5. The average molecular weight is 263 g/mol. The van der Waals surface area contributed by atoms with Gasteiger partial charge in [0.05, 0.1) is 12.8 Å². The number of guanidine groups is 1. The van der Waals surface area contributed by atoms with Crippen molar-refractivity contribution in [1.29, 1.82) is 0 Å². The molecule has 0 spiro atoms. The monoisotopic (exact) mass is 263 g/mol. The molecule has 19 heavy (non-hydrogen) atoms. The molecule has 0 fully saturated rings. The second-order valence-corrected chi connectivity index (χ2v) is 5.76. The Hall–Kier alpha value is -1.71. The standard InChI is InChI=1S/C15H25N3O/c1-15(2,3)10-7-11-17-14(16)18-12-8-5-6-9-13(12)19-4/h5-6,8-9H,7,10-11H2,1-4H3,(H3,16,17,18). The predicted molar refractivity (Wildman–Crippen MR) is 81.8 cm³/mol. The molecule has 0 saturated carbocycles. The number of para-hydroxylation sites is 2. The van der Waals surface area contributed by atoms with Crippen LogP contribution in [0.25, 0.3) is 0 Å². The molecule has 0 aromatic heterocycles. The molecule has 106 valence electrons. The van der Waals surface area contributed by atoms with Crippen LogP contribution in [0.15, 0.2) is 29.3 Å². The first-order chi connectivity index (χ1) is 8.92. The van der Waals surface area contributed by atoms with E-state index < -0.39 is 0 Å². The van der Waals surface area contributed by atoms with Crippen LogP contribution in [0.5, 0.6) is 5.75 Å². The summed E-state index contributed by atoms with van der Waals surface area (Å²) in [5, 5.41) is 3.06. The van der Waals surface area contributed by atoms with E-state index in [-0.39, 0.29) is 0 Å². The van der Waals surface area contributed by atoms with Crippen molar-refractivity contribution in [3.63, 3.8) is 0 Å². The van der Waals surface area contributed by atoms with Crippen molar-refractivity contribution in [1.82, 2.24) is 0 Å². The van der Waals surface area contributed by atoms with Crippen LogP contribution in [0.4, 0.5) is 5.69 Å². The summed E-state index contributed by atoms with van der Waals surface area (Å²) in [6, 6.07) is 7.64. The van der Waals surface area contributed by atoms with Crippen LogP contribution in [-0.2, 0) is 0 Å². The van der Waals surface area contributed by atoms with E-state index in [9.17, 15) is 0 Å². The molecule has 0 aliphatic rings. The summed E-state index contributed by atoms with van der Waals surface area (Å²) in [5.74, 6) is 1.19. The van der Waals surface area contributed by atoms with Gasteiger partial charge in [-0.3, -0.25) is 4.99 Å². The van der Waals surface area contributed by atoms with Crippen molar-refractivity contribution in [3.05, 3.63) is 24.3 Å². The van der Waals surface area contributed by atoms with E-state index in [0.717, 1.165) is 30.8 Å². The van der Waals surface area contributed by atoms with E-state index in [2.05, 4.69) is 31.1 Å². The Morgan fingerprint density at radius 1 is 1.32 bits per heavy atom. The molecule has 0 amide bonds. The Bertz CT molecular complexity index is 422. The molecule has 0 heterocycles. The van der Waals surface area contributed by atoms with Crippen molar-refractivity contribution in [2.24, 2.45) is 16.1 Å². The highest BCUT2D eigenvalue weighted by Gasteiger charge is 2.08. The molecule has 0 bridgehead atoms. The van der Waals surface area contributed by atoms with Crippen molar-refractivity contribution in [2.75, 3.05) is 19.0 Å². The molecule has 1 aromatic carbocycles. The van der Waals surface area contributed by atoms with E-state index in [1.807, 2.05) is 24.3 Å². The van der Waals surface area contributed by atoms with E-state index in [0.29, 0.717) is 11.4 Å². The molecule has 4 heteroatoms. The van der Waals surface area contributed by atoms with E-state index in [4.69, 9.17) is 10.5 Å². The summed E-state index contributed by atoms with van der Waals surface area (Å²) in [7, 11) is 1.64. The molecule has 0 aliphatic heterocycles. The summed E-state index contributed by atoms with van der Waals surface area (Å²) in [4.78, 5) is 4.33. The summed E-state index contributed by atoms with van der Waals surface area (Å²) in [6.45, 7) is 7.43. The van der Waals surface area contributed by atoms with Gasteiger partial charge < -0.3 is 15.8 Å². The van der Waals surface area contributed by atoms with Crippen LogP contribution >= 0.6 is 0 Å². The molecule has 3 N–H and O–H groups in total. The minimum absolute atomic E-state index is 0.348. The maximum absolute atomic E-state index is 5.86. The number of anilines is 1. The largest absolute Gasteiger partial charge is 0.495 e. The van der Waals surface area contributed by atoms with Crippen molar-refractivity contribution >= 4 is 11.6 Å². The summed E-state index contributed by atoms with van der Waals surface area (Å²) in [5.41, 5.74) is 7.05. The highest BCUT2D eigenvalue weighted by molar-refractivity contribution is 5.93. The van der Waals surface area contributed by atoms with Gasteiger partial charge in [0.15, 0.2) is 5.96 Å². The van der Waals surface area contributed by atoms with Crippen LogP contribution in [0.3, 0.4) is 0 Å². The Labute approximate surface area is 116 Å². The van der Waals surface area contributed by atoms with Gasteiger partial charge in [0.1, 0.15) is 5.75 Å². The van der Waals surface area contributed by atoms with Gasteiger partial charge in [-0.25, -0.2) is 0 Å². The van der Waals surface area contributed by atoms with Gasteiger partial charge in [-0.2, -0.15) is 0 Å². The zero-order chi connectivity index (χ0) is 14.3. The molecule has 1 aromatic rings. The number of nitrogens with one attached hydrogen (secondary N) is 1. The Morgan fingerprint density at radius 2 is 2.00 bits per heavy atom. The lowest BCUT2D eigenvalue weighted by atomic mass is 9.91. The van der Waals surface area contributed by atoms with Gasteiger partial charge in [0, 0.05) is 6.54 Å². The van der Waals surface area contributed by atoms with Crippen molar-refractivity contribution in [2.45, 2.75) is 33.6 Å². The minimum atomic E-state index is 0.348. The Kier molecular flexibility index (Phi) is 5.67. The van der Waals surface area contributed by atoms with Crippen molar-refractivity contribution < 1.29 is 4.74 Å². The van der Waals surface area contributed by atoms with Crippen LogP contribution < -0.4 is 15.8 Å². The quantitative estimate of drug-likeness (QED) is 0.487. The number of benzene rings is 1. The van der Waals surface area contributed by atoms with Crippen molar-refractivity contribution in [3.8, 4) is 5.75 Å². The van der Waals surface area contributed by atoms with Crippen LogP contribution in [-0.4, -0.2) is 19.6 Å². The summed E-state index contributed by atoms with van der Waals surface area (Å²) in [6.07, 6.45) is 2.18. The first-order valence-corrected chi connectivity index (χ1v) is 6.62. The molecule has 0 saturated heterocycles. The number of hydrogen-bond donors (Lipinski definition) is 2. The maximum Gasteiger partial charge on any atom is 0.193 e. The van der Waals surface area contributed by atoms with Gasteiger partial charge in [-0.05, 0) is 30.4 Å². The Morgan fingerprint density at radius 3 is 2.63 bits per heavy atom. The predicted octanol–water partition coefficient (Wildman–Crippen LogP) is 3.25. The topological polar surface area (TPSA) is 59.6 Å². The van der Waals surface area contributed by atoms with Gasteiger partial charge in [0.25, 0.3) is 0 Å². The molecule has 0 aliphatic carbocycles. The number of ether oxygens (including phenoxy) is 1. The fourth-order valence-electron chi connectivity index (χ4n) is 1.73.